The van der Waals surface area contributed by atoms with Gasteiger partial charge in [-0.2, -0.15) is 0 Å². The van der Waals surface area contributed by atoms with E-state index in [0.717, 1.165) is 95.8 Å². The fourth-order valence-corrected chi connectivity index (χ4v) is 14.8. The number of phosphoric acid groups is 2. The van der Waals surface area contributed by atoms with E-state index < -0.39 is 97.5 Å². The SMILES string of the molecule is CCCCCCCCCCCCCCCCCCCCCCC(=O)O[C@H](COC(=O)CCCCCCCCCCCCCCCCC(C)CC)COP(=O)(O)OC[C@@H](O)COP(=O)(O)OC[C@@H](COC(=O)CCCCCCCCCCC)OC(=O)CCCCCCCCCCCCCCCCCCC. The van der Waals surface area contributed by atoms with Crippen LogP contribution in [0.5, 0.6) is 0 Å². The van der Waals surface area contributed by atoms with Crippen molar-refractivity contribution >= 4 is 39.5 Å². The van der Waals surface area contributed by atoms with Gasteiger partial charge in [-0.1, -0.05) is 407 Å². The maximum Gasteiger partial charge on any atom is 0.472 e. The van der Waals surface area contributed by atoms with Gasteiger partial charge in [-0.25, -0.2) is 9.13 Å². The van der Waals surface area contributed by atoms with Gasteiger partial charge in [0.25, 0.3) is 0 Å². The van der Waals surface area contributed by atoms with E-state index in [0.29, 0.717) is 25.7 Å². The summed E-state index contributed by atoms with van der Waals surface area (Å²) in [7, 11) is -9.92. The maximum absolute atomic E-state index is 13.1. The molecule has 0 saturated heterocycles. The molecule has 3 unspecified atom stereocenters. The van der Waals surface area contributed by atoms with E-state index >= 15 is 0 Å². The summed E-state index contributed by atoms with van der Waals surface area (Å²) in [4.78, 5) is 73.1. The minimum atomic E-state index is -4.96. The van der Waals surface area contributed by atoms with Crippen LogP contribution in [0.4, 0.5) is 0 Å². The van der Waals surface area contributed by atoms with Crippen LogP contribution in [0.1, 0.15) is 458 Å². The Morgan fingerprint density at radius 2 is 0.462 bits per heavy atom. The molecule has 0 fully saturated rings. The molecule has 0 radical (unpaired) electrons. The Hall–Kier alpha value is -1.94. The Morgan fingerprint density at radius 3 is 0.683 bits per heavy atom. The van der Waals surface area contributed by atoms with Gasteiger partial charge < -0.3 is 33.8 Å². The first-order valence-electron chi connectivity index (χ1n) is 44.2. The Bertz CT molecular complexity index is 1980. The maximum atomic E-state index is 13.1. The van der Waals surface area contributed by atoms with E-state index in [1.54, 1.807) is 0 Å². The van der Waals surface area contributed by atoms with Crippen LogP contribution in [0.3, 0.4) is 0 Å². The lowest BCUT2D eigenvalue weighted by atomic mass is 9.99. The molecule has 19 heteroatoms. The highest BCUT2D eigenvalue weighted by Crippen LogP contribution is 2.45. The van der Waals surface area contributed by atoms with Crippen LogP contribution in [-0.2, 0) is 65.4 Å². The zero-order chi connectivity index (χ0) is 76.2. The molecular formula is C85H166O17P2. The van der Waals surface area contributed by atoms with E-state index in [-0.39, 0.29) is 25.7 Å². The normalized spacial score (nSPS) is 14.0. The zero-order valence-corrected chi connectivity index (χ0v) is 70.0. The predicted molar refractivity (Wildman–Crippen MR) is 428 cm³/mol. The highest BCUT2D eigenvalue weighted by molar-refractivity contribution is 7.47. The Morgan fingerprint density at radius 1 is 0.269 bits per heavy atom. The fraction of sp³-hybridized carbons (Fsp3) is 0.953. The molecule has 0 aromatic rings. The van der Waals surface area contributed by atoms with Gasteiger partial charge in [0.15, 0.2) is 12.2 Å². The van der Waals surface area contributed by atoms with Crippen molar-refractivity contribution in [3.8, 4) is 0 Å². The number of phosphoric ester groups is 2. The lowest BCUT2D eigenvalue weighted by molar-refractivity contribution is -0.161. The summed E-state index contributed by atoms with van der Waals surface area (Å²) in [5.41, 5.74) is 0. The number of carbonyl (C=O) groups is 4. The molecule has 0 aliphatic carbocycles. The predicted octanol–water partition coefficient (Wildman–Crippen LogP) is 26.0. The van der Waals surface area contributed by atoms with Crippen molar-refractivity contribution < 1.29 is 80.2 Å². The molecule has 618 valence electrons. The Labute approximate surface area is 638 Å². The molecule has 0 saturated carbocycles. The number of hydrogen-bond donors (Lipinski definition) is 3. The smallest absolute Gasteiger partial charge is 0.462 e. The number of rotatable bonds is 85. The first-order chi connectivity index (χ1) is 50.6. The average Bonchev–Trinajstić information content (AvgIpc) is 0.907. The molecule has 17 nitrogen and oxygen atoms in total. The lowest BCUT2D eigenvalue weighted by Crippen LogP contribution is -2.30. The minimum Gasteiger partial charge on any atom is -0.462 e. The van der Waals surface area contributed by atoms with Gasteiger partial charge in [0.1, 0.15) is 19.3 Å². The summed E-state index contributed by atoms with van der Waals surface area (Å²) < 4.78 is 68.8. The Balaban J connectivity index is 5.21. The van der Waals surface area contributed by atoms with E-state index in [2.05, 4.69) is 34.6 Å². The molecule has 0 aromatic heterocycles. The van der Waals surface area contributed by atoms with Crippen LogP contribution in [0.2, 0.25) is 0 Å². The summed E-state index contributed by atoms with van der Waals surface area (Å²) in [5.74, 6) is -1.25. The van der Waals surface area contributed by atoms with Crippen molar-refractivity contribution in [1.29, 1.82) is 0 Å². The van der Waals surface area contributed by atoms with Gasteiger partial charge in [-0.05, 0) is 31.6 Å². The molecule has 0 rings (SSSR count). The second kappa shape index (κ2) is 77.8. The third kappa shape index (κ3) is 76.8. The van der Waals surface area contributed by atoms with Crippen LogP contribution >= 0.6 is 15.6 Å². The van der Waals surface area contributed by atoms with Crippen LogP contribution in [0.15, 0.2) is 0 Å². The standard InChI is InChI=1S/C85H166O17P2/c1-6-10-13-16-19-22-24-26-28-30-31-32-34-36-42-46-51-56-61-66-71-85(90)102-81(75-96-83(88)69-64-59-54-49-44-40-38-37-39-43-48-52-57-62-67-78(5)9-4)77-100-104(93,94)98-73-79(86)72-97-103(91,92)99-76-80(74-95-82(87)68-63-58-53-47-21-18-15-12-8-3)101-84(89)70-65-60-55-50-45-41-35-33-29-27-25-23-20-17-14-11-7-2/h78-81,86H,6-77H2,1-5H3,(H,91,92)(H,93,94)/t78?,79-,80+,81+/m0/s1. The van der Waals surface area contributed by atoms with E-state index in [4.69, 9.17) is 37.0 Å². The van der Waals surface area contributed by atoms with Crippen molar-refractivity contribution in [2.75, 3.05) is 39.6 Å². The first kappa shape index (κ1) is 102. The molecule has 6 atom stereocenters. The van der Waals surface area contributed by atoms with Crippen molar-refractivity contribution in [2.24, 2.45) is 5.92 Å². The third-order valence-corrected chi connectivity index (χ3v) is 22.3. The van der Waals surface area contributed by atoms with Crippen LogP contribution in [-0.4, -0.2) is 96.7 Å². The van der Waals surface area contributed by atoms with Crippen LogP contribution in [0.25, 0.3) is 0 Å². The molecule has 3 N–H and O–H groups in total. The molecular weight excluding hydrogens is 1350 g/mol. The monoisotopic (exact) mass is 1520 g/mol. The number of hydrogen-bond acceptors (Lipinski definition) is 15. The van der Waals surface area contributed by atoms with Gasteiger partial charge in [0.05, 0.1) is 26.4 Å². The molecule has 0 aromatic carbocycles. The van der Waals surface area contributed by atoms with Gasteiger partial charge in [-0.15, -0.1) is 0 Å². The summed E-state index contributed by atoms with van der Waals surface area (Å²) in [6, 6.07) is 0. The second-order valence-corrected chi connectivity index (χ2v) is 33.7. The van der Waals surface area contributed by atoms with Crippen LogP contribution < -0.4 is 0 Å². The summed E-state index contributed by atoms with van der Waals surface area (Å²) in [6.07, 6.45) is 70.8. The summed E-state index contributed by atoms with van der Waals surface area (Å²) in [5, 5.41) is 10.7. The average molecular weight is 1520 g/mol. The molecule has 104 heavy (non-hydrogen) atoms. The first-order valence-corrected chi connectivity index (χ1v) is 47.2. The molecule has 0 bridgehead atoms. The highest BCUT2D eigenvalue weighted by atomic mass is 31.2. The molecule has 0 spiro atoms. The molecule has 0 aliphatic rings. The van der Waals surface area contributed by atoms with Gasteiger partial charge in [0.2, 0.25) is 0 Å². The number of esters is 4. The number of carbonyl (C=O) groups excluding carboxylic acids is 4. The van der Waals surface area contributed by atoms with E-state index in [9.17, 15) is 43.2 Å². The topological polar surface area (TPSA) is 237 Å². The molecule has 0 aliphatic heterocycles. The number of aliphatic hydroxyl groups excluding tert-OH is 1. The number of ether oxygens (including phenoxy) is 4. The fourth-order valence-electron chi connectivity index (χ4n) is 13.3. The zero-order valence-electron chi connectivity index (χ0n) is 68.2. The quantitative estimate of drug-likeness (QED) is 0.0222. The van der Waals surface area contributed by atoms with Gasteiger partial charge in [-0.3, -0.25) is 37.3 Å². The van der Waals surface area contributed by atoms with Crippen LogP contribution in [0, 0.1) is 5.92 Å². The Kier molecular flexibility index (Phi) is 76.3. The van der Waals surface area contributed by atoms with Gasteiger partial charge in [0, 0.05) is 25.7 Å². The summed E-state index contributed by atoms with van der Waals surface area (Å²) >= 11 is 0. The van der Waals surface area contributed by atoms with E-state index in [1.165, 1.54) is 283 Å². The van der Waals surface area contributed by atoms with Crippen molar-refractivity contribution in [3.05, 3.63) is 0 Å². The third-order valence-electron chi connectivity index (χ3n) is 20.4. The largest absolute Gasteiger partial charge is 0.472 e. The molecule has 0 amide bonds. The second-order valence-electron chi connectivity index (χ2n) is 30.8. The summed E-state index contributed by atoms with van der Waals surface area (Å²) in [6.45, 7) is 7.40. The minimum absolute atomic E-state index is 0.109. The van der Waals surface area contributed by atoms with Crippen molar-refractivity contribution in [1.82, 2.24) is 0 Å². The number of aliphatic hydroxyl groups is 1. The van der Waals surface area contributed by atoms with Crippen molar-refractivity contribution in [2.45, 2.75) is 477 Å². The number of unbranched alkanes of at least 4 members (excludes halogenated alkanes) is 56. The van der Waals surface area contributed by atoms with Gasteiger partial charge >= 0.3 is 39.5 Å². The highest BCUT2D eigenvalue weighted by Gasteiger charge is 2.30. The molecule has 0 heterocycles. The lowest BCUT2D eigenvalue weighted by Gasteiger charge is -2.21. The van der Waals surface area contributed by atoms with Crippen molar-refractivity contribution in [3.63, 3.8) is 0 Å². The van der Waals surface area contributed by atoms with E-state index in [1.807, 2.05) is 0 Å².